The minimum Gasteiger partial charge on any atom is -0.286 e. The SMILES string of the molecule is C[C@H]1c2c(cnn2C)CN1C(C)(C)C. The Labute approximate surface area is 85.7 Å². The Kier molecular flexibility index (Phi) is 1.96. The van der Waals surface area contributed by atoms with Gasteiger partial charge in [0.05, 0.1) is 17.9 Å². The Morgan fingerprint density at radius 2 is 2.07 bits per heavy atom. The van der Waals surface area contributed by atoms with E-state index in [1.165, 1.54) is 11.3 Å². The van der Waals surface area contributed by atoms with Crippen LogP contribution in [0.3, 0.4) is 0 Å². The molecule has 2 rings (SSSR count). The van der Waals surface area contributed by atoms with Gasteiger partial charge >= 0.3 is 0 Å². The quantitative estimate of drug-likeness (QED) is 0.629. The van der Waals surface area contributed by atoms with E-state index >= 15 is 0 Å². The fourth-order valence-electron chi connectivity index (χ4n) is 2.44. The molecule has 1 aromatic rings. The van der Waals surface area contributed by atoms with Crippen LogP contribution in [0.4, 0.5) is 0 Å². The summed E-state index contributed by atoms with van der Waals surface area (Å²) in [5.41, 5.74) is 2.99. The van der Waals surface area contributed by atoms with Crippen molar-refractivity contribution in [1.29, 1.82) is 0 Å². The lowest BCUT2D eigenvalue weighted by atomic mass is 10.1. The molecular formula is C11H19N3. The third kappa shape index (κ3) is 1.27. The van der Waals surface area contributed by atoms with Crippen molar-refractivity contribution in [3.8, 4) is 0 Å². The molecule has 78 valence electrons. The molecular weight excluding hydrogens is 174 g/mol. The molecule has 3 heteroatoms. The molecule has 3 nitrogen and oxygen atoms in total. The summed E-state index contributed by atoms with van der Waals surface area (Å²) in [4.78, 5) is 2.51. The Bertz CT molecular complexity index is 346. The molecule has 1 aromatic heterocycles. The highest BCUT2D eigenvalue weighted by atomic mass is 15.3. The number of rotatable bonds is 0. The lowest BCUT2D eigenvalue weighted by Gasteiger charge is -2.35. The molecule has 0 unspecified atom stereocenters. The molecule has 0 radical (unpaired) electrons. The van der Waals surface area contributed by atoms with E-state index in [1.807, 2.05) is 17.9 Å². The van der Waals surface area contributed by atoms with E-state index in [1.54, 1.807) is 0 Å². The lowest BCUT2D eigenvalue weighted by molar-refractivity contribution is 0.0964. The van der Waals surface area contributed by atoms with Gasteiger partial charge in [0.25, 0.3) is 0 Å². The number of nitrogens with zero attached hydrogens (tertiary/aromatic N) is 3. The van der Waals surface area contributed by atoms with E-state index in [2.05, 4.69) is 37.7 Å². The summed E-state index contributed by atoms with van der Waals surface area (Å²) in [5, 5.41) is 4.30. The molecule has 0 amide bonds. The molecule has 1 aliphatic heterocycles. The molecule has 0 aromatic carbocycles. The molecule has 0 fully saturated rings. The molecule has 2 heterocycles. The summed E-state index contributed by atoms with van der Waals surface area (Å²) in [7, 11) is 2.03. The highest BCUT2D eigenvalue weighted by Crippen LogP contribution is 2.37. The molecule has 1 aliphatic rings. The number of aromatic nitrogens is 2. The Morgan fingerprint density at radius 3 is 2.57 bits per heavy atom. The first kappa shape index (κ1) is 9.71. The van der Waals surface area contributed by atoms with Crippen LogP contribution in [0, 0.1) is 0 Å². The van der Waals surface area contributed by atoms with Crippen LogP contribution in [0.1, 0.15) is 45.0 Å². The maximum Gasteiger partial charge on any atom is 0.0595 e. The average molecular weight is 193 g/mol. The first-order valence-electron chi connectivity index (χ1n) is 5.19. The zero-order valence-electron chi connectivity index (χ0n) is 9.70. The van der Waals surface area contributed by atoms with Gasteiger partial charge in [0, 0.05) is 24.7 Å². The van der Waals surface area contributed by atoms with Gasteiger partial charge in [-0.2, -0.15) is 5.10 Å². The minimum atomic E-state index is 0.235. The molecule has 0 N–H and O–H groups in total. The average Bonchev–Trinajstić information content (AvgIpc) is 2.53. The zero-order chi connectivity index (χ0) is 10.5. The maximum atomic E-state index is 4.30. The van der Waals surface area contributed by atoms with Crippen LogP contribution in [0.25, 0.3) is 0 Å². The van der Waals surface area contributed by atoms with Crippen LogP contribution in [0.2, 0.25) is 0 Å². The summed E-state index contributed by atoms with van der Waals surface area (Å²) in [5.74, 6) is 0. The highest BCUT2D eigenvalue weighted by molar-refractivity contribution is 5.26. The van der Waals surface area contributed by atoms with E-state index in [4.69, 9.17) is 0 Å². The van der Waals surface area contributed by atoms with Crippen LogP contribution in [0.5, 0.6) is 0 Å². The third-order valence-corrected chi connectivity index (χ3v) is 3.13. The summed E-state index contributed by atoms with van der Waals surface area (Å²) in [6.07, 6.45) is 2.00. The van der Waals surface area contributed by atoms with Crippen molar-refractivity contribution in [2.24, 2.45) is 7.05 Å². The van der Waals surface area contributed by atoms with E-state index in [-0.39, 0.29) is 5.54 Å². The molecule has 0 aliphatic carbocycles. The van der Waals surface area contributed by atoms with Crippen LogP contribution in [-0.2, 0) is 13.6 Å². The van der Waals surface area contributed by atoms with Gasteiger partial charge in [0.2, 0.25) is 0 Å². The van der Waals surface area contributed by atoms with Crippen molar-refractivity contribution in [2.45, 2.75) is 45.8 Å². The molecule has 1 atom stereocenters. The van der Waals surface area contributed by atoms with Crippen molar-refractivity contribution >= 4 is 0 Å². The van der Waals surface area contributed by atoms with Crippen LogP contribution >= 0.6 is 0 Å². The number of hydrogen-bond donors (Lipinski definition) is 0. The summed E-state index contributed by atoms with van der Waals surface area (Å²) in [6.45, 7) is 10.1. The van der Waals surface area contributed by atoms with Crippen molar-refractivity contribution in [1.82, 2.24) is 14.7 Å². The van der Waals surface area contributed by atoms with Crippen molar-refractivity contribution in [3.63, 3.8) is 0 Å². The van der Waals surface area contributed by atoms with Gasteiger partial charge in [-0.15, -0.1) is 0 Å². The maximum absolute atomic E-state index is 4.30. The smallest absolute Gasteiger partial charge is 0.0595 e. The van der Waals surface area contributed by atoms with Crippen molar-refractivity contribution in [2.75, 3.05) is 0 Å². The van der Waals surface area contributed by atoms with Crippen LogP contribution in [0.15, 0.2) is 6.20 Å². The molecule has 0 saturated heterocycles. The highest BCUT2D eigenvalue weighted by Gasteiger charge is 2.36. The lowest BCUT2D eigenvalue weighted by Crippen LogP contribution is -2.39. The monoisotopic (exact) mass is 193 g/mol. The topological polar surface area (TPSA) is 21.1 Å². The minimum absolute atomic E-state index is 0.235. The normalized spacial score (nSPS) is 22.8. The predicted octanol–water partition coefficient (Wildman–Crippen LogP) is 2.10. The van der Waals surface area contributed by atoms with Crippen molar-refractivity contribution in [3.05, 3.63) is 17.5 Å². The molecule has 0 spiro atoms. The van der Waals surface area contributed by atoms with Gasteiger partial charge < -0.3 is 0 Å². The second kappa shape index (κ2) is 2.83. The number of aryl methyl sites for hydroxylation is 1. The Morgan fingerprint density at radius 1 is 1.43 bits per heavy atom. The van der Waals surface area contributed by atoms with Crippen LogP contribution in [-0.4, -0.2) is 20.2 Å². The predicted molar refractivity (Wildman–Crippen MR) is 56.9 cm³/mol. The van der Waals surface area contributed by atoms with Crippen molar-refractivity contribution < 1.29 is 0 Å². The molecule has 0 saturated carbocycles. The van der Waals surface area contributed by atoms with E-state index in [0.29, 0.717) is 6.04 Å². The second-order valence-electron chi connectivity index (χ2n) is 5.15. The van der Waals surface area contributed by atoms with Gasteiger partial charge in [-0.3, -0.25) is 9.58 Å². The van der Waals surface area contributed by atoms with E-state index in [9.17, 15) is 0 Å². The number of hydrogen-bond acceptors (Lipinski definition) is 2. The van der Waals surface area contributed by atoms with Crippen LogP contribution < -0.4 is 0 Å². The summed E-state index contributed by atoms with van der Waals surface area (Å²) in [6, 6.07) is 0.484. The zero-order valence-corrected chi connectivity index (χ0v) is 9.70. The summed E-state index contributed by atoms with van der Waals surface area (Å²) < 4.78 is 2.01. The second-order valence-corrected chi connectivity index (χ2v) is 5.15. The standard InChI is InChI=1S/C11H19N3/c1-8-10-9(6-12-13(10)5)7-14(8)11(2,3)4/h6,8H,7H2,1-5H3/t8-/m0/s1. The Hall–Kier alpha value is -0.830. The summed E-state index contributed by atoms with van der Waals surface area (Å²) >= 11 is 0. The van der Waals surface area contributed by atoms with Gasteiger partial charge in [0.1, 0.15) is 0 Å². The van der Waals surface area contributed by atoms with E-state index < -0.39 is 0 Å². The van der Waals surface area contributed by atoms with E-state index in [0.717, 1.165) is 6.54 Å². The first-order valence-corrected chi connectivity index (χ1v) is 5.19. The largest absolute Gasteiger partial charge is 0.286 e. The third-order valence-electron chi connectivity index (χ3n) is 3.13. The number of fused-ring (bicyclic) bond motifs is 1. The first-order chi connectivity index (χ1) is 6.41. The van der Waals surface area contributed by atoms with Gasteiger partial charge in [-0.05, 0) is 27.7 Å². The molecule has 0 bridgehead atoms. The van der Waals surface area contributed by atoms with Gasteiger partial charge in [-0.25, -0.2) is 0 Å². The fraction of sp³-hybridized carbons (Fsp3) is 0.727. The Balaban J connectivity index is 2.35. The fourth-order valence-corrected chi connectivity index (χ4v) is 2.44. The van der Waals surface area contributed by atoms with Gasteiger partial charge in [0.15, 0.2) is 0 Å². The molecule has 14 heavy (non-hydrogen) atoms. The van der Waals surface area contributed by atoms with Gasteiger partial charge in [-0.1, -0.05) is 0 Å².